The SMILES string of the molecule is COC(CNC(=O)CCN1C(=O)C(C)Oc2ccccc21)OC. The number of carbonyl (C=O) groups excluding carboxylic acids is 2. The number of nitrogens with zero attached hydrogens (tertiary/aromatic N) is 1. The molecule has 1 unspecified atom stereocenters. The molecule has 7 heteroatoms. The summed E-state index contributed by atoms with van der Waals surface area (Å²) in [6.45, 7) is 2.25. The molecule has 23 heavy (non-hydrogen) atoms. The number of methoxy groups -OCH3 is 2. The Labute approximate surface area is 135 Å². The zero-order chi connectivity index (χ0) is 16.8. The minimum Gasteiger partial charge on any atom is -0.479 e. The summed E-state index contributed by atoms with van der Waals surface area (Å²) >= 11 is 0. The van der Waals surface area contributed by atoms with Gasteiger partial charge in [-0.2, -0.15) is 0 Å². The van der Waals surface area contributed by atoms with E-state index >= 15 is 0 Å². The van der Waals surface area contributed by atoms with E-state index in [1.54, 1.807) is 11.8 Å². The quantitative estimate of drug-likeness (QED) is 0.756. The molecule has 2 rings (SSSR count). The molecule has 1 aliphatic rings. The standard InChI is InChI=1S/C16H22N2O5/c1-11-16(20)18(12-6-4-5-7-13(12)23-11)9-8-14(19)17-10-15(21-2)22-3/h4-7,11,15H,8-10H2,1-3H3,(H,17,19). The normalized spacial score (nSPS) is 17.0. The molecule has 1 N–H and O–H groups in total. The fourth-order valence-electron chi connectivity index (χ4n) is 2.35. The number of hydrogen-bond donors (Lipinski definition) is 1. The first-order chi connectivity index (χ1) is 11.1. The molecule has 0 spiro atoms. The monoisotopic (exact) mass is 322 g/mol. The predicted octanol–water partition coefficient (Wildman–Crippen LogP) is 0.926. The van der Waals surface area contributed by atoms with Gasteiger partial charge in [0.05, 0.1) is 12.2 Å². The van der Waals surface area contributed by atoms with E-state index in [0.717, 1.165) is 0 Å². The molecule has 0 aliphatic carbocycles. The van der Waals surface area contributed by atoms with Gasteiger partial charge in [-0.3, -0.25) is 9.59 Å². The van der Waals surface area contributed by atoms with E-state index in [1.807, 2.05) is 24.3 Å². The van der Waals surface area contributed by atoms with Crippen molar-refractivity contribution in [3.05, 3.63) is 24.3 Å². The third-order valence-corrected chi connectivity index (χ3v) is 3.63. The second kappa shape index (κ2) is 7.94. The molecule has 1 atom stereocenters. The Bertz CT molecular complexity index is 559. The van der Waals surface area contributed by atoms with Crippen LogP contribution in [0.5, 0.6) is 5.75 Å². The van der Waals surface area contributed by atoms with E-state index in [2.05, 4.69) is 5.32 Å². The first-order valence-corrected chi connectivity index (χ1v) is 7.46. The van der Waals surface area contributed by atoms with Crippen LogP contribution in [0.1, 0.15) is 13.3 Å². The minimum atomic E-state index is -0.556. The topological polar surface area (TPSA) is 77.1 Å². The van der Waals surface area contributed by atoms with Crippen molar-refractivity contribution < 1.29 is 23.8 Å². The highest BCUT2D eigenvalue weighted by Gasteiger charge is 2.31. The van der Waals surface area contributed by atoms with Crippen molar-refractivity contribution in [2.45, 2.75) is 25.7 Å². The number of amides is 2. The molecule has 126 valence electrons. The average molecular weight is 322 g/mol. The van der Waals surface area contributed by atoms with Crippen LogP contribution in [0.15, 0.2) is 24.3 Å². The molecular formula is C16H22N2O5. The molecule has 1 heterocycles. The Balaban J connectivity index is 1.94. The van der Waals surface area contributed by atoms with E-state index in [1.165, 1.54) is 14.2 Å². The predicted molar refractivity (Wildman–Crippen MR) is 84.3 cm³/mol. The molecule has 0 bridgehead atoms. The van der Waals surface area contributed by atoms with Crippen molar-refractivity contribution in [1.82, 2.24) is 5.32 Å². The van der Waals surface area contributed by atoms with E-state index in [9.17, 15) is 9.59 Å². The van der Waals surface area contributed by atoms with Crippen molar-refractivity contribution in [2.75, 3.05) is 32.2 Å². The number of rotatable bonds is 7. The summed E-state index contributed by atoms with van der Waals surface area (Å²) in [4.78, 5) is 25.8. The van der Waals surface area contributed by atoms with Gasteiger partial charge in [0, 0.05) is 27.2 Å². The summed E-state index contributed by atoms with van der Waals surface area (Å²) in [6.07, 6.45) is -0.850. The number of hydrogen-bond acceptors (Lipinski definition) is 5. The van der Waals surface area contributed by atoms with Crippen LogP contribution >= 0.6 is 0 Å². The fourth-order valence-corrected chi connectivity index (χ4v) is 2.35. The lowest BCUT2D eigenvalue weighted by molar-refractivity contribution is -0.127. The molecule has 0 saturated carbocycles. The molecule has 1 aromatic rings. The first-order valence-electron chi connectivity index (χ1n) is 7.46. The maximum Gasteiger partial charge on any atom is 0.267 e. The van der Waals surface area contributed by atoms with Gasteiger partial charge in [0.2, 0.25) is 5.91 Å². The Kier molecular flexibility index (Phi) is 5.95. The number of benzene rings is 1. The van der Waals surface area contributed by atoms with Gasteiger partial charge in [-0.05, 0) is 19.1 Å². The van der Waals surface area contributed by atoms with Crippen LogP contribution in [0.25, 0.3) is 0 Å². The van der Waals surface area contributed by atoms with Gasteiger partial charge in [-0.1, -0.05) is 12.1 Å². The van der Waals surface area contributed by atoms with Gasteiger partial charge in [0.15, 0.2) is 12.4 Å². The Hall–Kier alpha value is -2.12. The third kappa shape index (κ3) is 4.20. The van der Waals surface area contributed by atoms with Crippen LogP contribution in [0.2, 0.25) is 0 Å². The zero-order valence-corrected chi connectivity index (χ0v) is 13.6. The van der Waals surface area contributed by atoms with Crippen LogP contribution in [0.3, 0.4) is 0 Å². The van der Waals surface area contributed by atoms with Crippen molar-refractivity contribution in [2.24, 2.45) is 0 Å². The molecule has 1 aliphatic heterocycles. The van der Waals surface area contributed by atoms with Crippen LogP contribution in [0, 0.1) is 0 Å². The second-order valence-corrected chi connectivity index (χ2v) is 5.17. The van der Waals surface area contributed by atoms with Crippen molar-refractivity contribution in [3.8, 4) is 5.75 Å². The fraction of sp³-hybridized carbons (Fsp3) is 0.500. The van der Waals surface area contributed by atoms with E-state index < -0.39 is 12.4 Å². The lowest BCUT2D eigenvalue weighted by atomic mass is 10.1. The average Bonchev–Trinajstić information content (AvgIpc) is 2.56. The van der Waals surface area contributed by atoms with E-state index in [-0.39, 0.29) is 24.8 Å². The molecule has 7 nitrogen and oxygen atoms in total. The van der Waals surface area contributed by atoms with E-state index in [4.69, 9.17) is 14.2 Å². The summed E-state index contributed by atoms with van der Waals surface area (Å²) < 4.78 is 15.6. The Morgan fingerprint density at radius 3 is 2.74 bits per heavy atom. The Morgan fingerprint density at radius 2 is 2.04 bits per heavy atom. The third-order valence-electron chi connectivity index (χ3n) is 3.63. The van der Waals surface area contributed by atoms with E-state index in [0.29, 0.717) is 18.0 Å². The van der Waals surface area contributed by atoms with Crippen LogP contribution in [-0.4, -0.2) is 51.5 Å². The number of ether oxygens (including phenoxy) is 3. The molecule has 0 aromatic heterocycles. The molecule has 1 aromatic carbocycles. The molecule has 2 amide bonds. The molecule has 0 fully saturated rings. The van der Waals surface area contributed by atoms with Gasteiger partial charge < -0.3 is 24.4 Å². The largest absolute Gasteiger partial charge is 0.479 e. The first kappa shape index (κ1) is 17.2. The molecule has 0 saturated heterocycles. The van der Waals surface area contributed by atoms with Crippen LogP contribution in [-0.2, 0) is 19.1 Å². The number of fused-ring (bicyclic) bond motifs is 1. The summed E-state index contributed by atoms with van der Waals surface area (Å²) in [6, 6.07) is 7.30. The second-order valence-electron chi connectivity index (χ2n) is 5.17. The zero-order valence-electron chi connectivity index (χ0n) is 13.6. The lowest BCUT2D eigenvalue weighted by Gasteiger charge is -2.32. The van der Waals surface area contributed by atoms with Gasteiger partial charge in [-0.15, -0.1) is 0 Å². The minimum absolute atomic E-state index is 0.150. The maximum absolute atomic E-state index is 12.3. The van der Waals surface area contributed by atoms with Crippen molar-refractivity contribution in [3.63, 3.8) is 0 Å². The van der Waals surface area contributed by atoms with Gasteiger partial charge in [0.25, 0.3) is 5.91 Å². The van der Waals surface area contributed by atoms with Gasteiger partial charge in [-0.25, -0.2) is 0 Å². The number of nitrogens with one attached hydrogen (secondary N) is 1. The smallest absolute Gasteiger partial charge is 0.267 e. The highest BCUT2D eigenvalue weighted by atomic mass is 16.7. The number of anilines is 1. The highest BCUT2D eigenvalue weighted by molar-refractivity contribution is 6.00. The summed E-state index contributed by atoms with van der Waals surface area (Å²) in [5.41, 5.74) is 0.690. The highest BCUT2D eigenvalue weighted by Crippen LogP contribution is 2.33. The number of carbonyl (C=O) groups is 2. The van der Waals surface area contributed by atoms with Gasteiger partial charge in [0.1, 0.15) is 5.75 Å². The van der Waals surface area contributed by atoms with Crippen LogP contribution in [0.4, 0.5) is 5.69 Å². The van der Waals surface area contributed by atoms with Crippen molar-refractivity contribution >= 4 is 17.5 Å². The summed E-state index contributed by atoms with van der Waals surface area (Å²) in [5.74, 6) is 0.329. The molecular weight excluding hydrogens is 300 g/mol. The Morgan fingerprint density at radius 1 is 1.35 bits per heavy atom. The van der Waals surface area contributed by atoms with Crippen LogP contribution < -0.4 is 15.0 Å². The maximum atomic E-state index is 12.3. The van der Waals surface area contributed by atoms with Gasteiger partial charge >= 0.3 is 0 Å². The summed E-state index contributed by atoms with van der Waals surface area (Å²) in [5, 5.41) is 2.72. The summed E-state index contributed by atoms with van der Waals surface area (Å²) in [7, 11) is 3.01. The number of para-hydroxylation sites is 2. The molecule has 0 radical (unpaired) electrons. The van der Waals surface area contributed by atoms with Crippen molar-refractivity contribution in [1.29, 1.82) is 0 Å². The lowest BCUT2D eigenvalue weighted by Crippen LogP contribution is -2.46.